The number of nitrogens with zero attached hydrogens (tertiary/aromatic N) is 1. The van der Waals surface area contributed by atoms with Gasteiger partial charge in [0.05, 0.1) is 17.9 Å². The molecule has 0 unspecified atom stereocenters. The van der Waals surface area contributed by atoms with Crippen molar-refractivity contribution in [2.75, 3.05) is 21.9 Å². The van der Waals surface area contributed by atoms with Crippen molar-refractivity contribution in [1.29, 1.82) is 0 Å². The van der Waals surface area contributed by atoms with Crippen molar-refractivity contribution < 1.29 is 13.2 Å². The number of nitrogens with one attached hydrogen (secondary N) is 1. The predicted molar refractivity (Wildman–Crippen MR) is 93.5 cm³/mol. The number of carbonyl (C=O) groups is 1. The maximum atomic E-state index is 12.2. The van der Waals surface area contributed by atoms with E-state index >= 15 is 0 Å². The Bertz CT molecular complexity index is 785. The van der Waals surface area contributed by atoms with E-state index in [2.05, 4.69) is 5.32 Å². The van der Waals surface area contributed by atoms with E-state index in [0.29, 0.717) is 30.8 Å². The lowest BCUT2D eigenvalue weighted by Gasteiger charge is -2.28. The third-order valence-corrected chi connectivity index (χ3v) is 6.43. The van der Waals surface area contributed by atoms with Gasteiger partial charge in [0.15, 0.2) is 0 Å². The lowest BCUT2D eigenvalue weighted by molar-refractivity contribution is -0.115. The molecule has 0 radical (unpaired) electrons. The van der Waals surface area contributed by atoms with Crippen LogP contribution in [0.1, 0.15) is 17.7 Å². The molecule has 1 aromatic heterocycles. The van der Waals surface area contributed by atoms with Gasteiger partial charge in [-0.25, -0.2) is 8.42 Å². The second-order valence-electron chi connectivity index (χ2n) is 5.45. The summed E-state index contributed by atoms with van der Waals surface area (Å²) in [5.74, 6) is 0.0770. The monoisotopic (exact) mass is 350 g/mol. The highest BCUT2D eigenvalue weighted by Crippen LogP contribution is 2.26. The molecule has 3 rings (SSSR count). The number of thiophene rings is 1. The fraction of sp³-hybridized carbons (Fsp3) is 0.312. The Balaban J connectivity index is 1.73. The van der Waals surface area contributed by atoms with Gasteiger partial charge in [0.1, 0.15) is 0 Å². The molecule has 1 aliphatic rings. The first-order valence-corrected chi connectivity index (χ1v) is 9.96. The summed E-state index contributed by atoms with van der Waals surface area (Å²) >= 11 is 1.54. The number of amides is 1. The molecule has 5 nitrogen and oxygen atoms in total. The number of sulfonamides is 1. The first-order chi connectivity index (χ1) is 11.0. The second kappa shape index (κ2) is 6.72. The molecule has 0 aliphatic carbocycles. The van der Waals surface area contributed by atoms with Crippen LogP contribution < -0.4 is 9.62 Å². The molecule has 2 heterocycles. The van der Waals surface area contributed by atoms with Crippen molar-refractivity contribution in [3.05, 3.63) is 46.7 Å². The summed E-state index contributed by atoms with van der Waals surface area (Å²) < 4.78 is 25.8. The molecule has 1 N–H and O–H groups in total. The van der Waals surface area contributed by atoms with E-state index < -0.39 is 10.0 Å². The van der Waals surface area contributed by atoms with Crippen molar-refractivity contribution in [2.45, 2.75) is 19.3 Å². The van der Waals surface area contributed by atoms with Crippen LogP contribution in [0, 0.1) is 0 Å². The zero-order chi connectivity index (χ0) is 16.3. The van der Waals surface area contributed by atoms with Crippen molar-refractivity contribution in [2.24, 2.45) is 0 Å². The Hall–Kier alpha value is -1.86. The Morgan fingerprint density at radius 2 is 2.09 bits per heavy atom. The van der Waals surface area contributed by atoms with Crippen LogP contribution in [0.2, 0.25) is 0 Å². The average Bonchev–Trinajstić information content (AvgIpc) is 2.99. The smallest absolute Gasteiger partial charge is 0.235 e. The first-order valence-electron chi connectivity index (χ1n) is 7.47. The Morgan fingerprint density at radius 1 is 1.22 bits per heavy atom. The Morgan fingerprint density at radius 3 is 2.83 bits per heavy atom. The molecular formula is C16H18N2O3S2. The molecule has 1 aromatic carbocycles. The lowest BCUT2D eigenvalue weighted by atomic mass is 10.2. The quantitative estimate of drug-likeness (QED) is 0.922. The van der Waals surface area contributed by atoms with Gasteiger partial charge in [0, 0.05) is 17.1 Å². The summed E-state index contributed by atoms with van der Waals surface area (Å²) in [4.78, 5) is 13.1. The highest BCUT2D eigenvalue weighted by molar-refractivity contribution is 7.92. The van der Waals surface area contributed by atoms with Crippen LogP contribution in [0.4, 0.5) is 11.4 Å². The van der Waals surface area contributed by atoms with Gasteiger partial charge >= 0.3 is 0 Å². The lowest BCUT2D eigenvalue weighted by Crippen LogP contribution is -2.37. The highest BCUT2D eigenvalue weighted by Gasteiger charge is 2.26. The van der Waals surface area contributed by atoms with Crippen molar-refractivity contribution >= 4 is 38.6 Å². The van der Waals surface area contributed by atoms with E-state index in [9.17, 15) is 13.2 Å². The number of carbonyl (C=O) groups excluding carboxylic acids is 1. The molecule has 1 saturated heterocycles. The largest absolute Gasteiger partial charge is 0.326 e. The number of rotatable bonds is 4. The predicted octanol–water partition coefficient (Wildman–Crippen LogP) is 2.86. The molecule has 1 amide bonds. The molecule has 0 spiro atoms. The number of hydrogen-bond acceptors (Lipinski definition) is 4. The van der Waals surface area contributed by atoms with Crippen molar-refractivity contribution in [3.63, 3.8) is 0 Å². The van der Waals surface area contributed by atoms with Gasteiger partial charge in [-0.2, -0.15) is 0 Å². The van der Waals surface area contributed by atoms with Gasteiger partial charge in [-0.3, -0.25) is 9.10 Å². The summed E-state index contributed by atoms with van der Waals surface area (Å²) in [7, 11) is -3.24. The van der Waals surface area contributed by atoms with Gasteiger partial charge in [0.2, 0.25) is 15.9 Å². The van der Waals surface area contributed by atoms with Crippen LogP contribution in [-0.4, -0.2) is 26.6 Å². The number of hydrogen-bond donors (Lipinski definition) is 1. The van der Waals surface area contributed by atoms with Crippen LogP contribution in [0.15, 0.2) is 41.8 Å². The Labute approximate surface area is 140 Å². The van der Waals surface area contributed by atoms with E-state index in [0.717, 1.165) is 11.3 Å². The minimum absolute atomic E-state index is 0.105. The van der Waals surface area contributed by atoms with Crippen LogP contribution in [0.5, 0.6) is 0 Å². The molecular weight excluding hydrogens is 332 g/mol. The minimum Gasteiger partial charge on any atom is -0.326 e. The van der Waals surface area contributed by atoms with Gasteiger partial charge in [-0.15, -0.1) is 11.3 Å². The van der Waals surface area contributed by atoms with Gasteiger partial charge in [-0.05, 0) is 42.5 Å². The van der Waals surface area contributed by atoms with E-state index in [1.54, 1.807) is 24.3 Å². The molecule has 1 aliphatic heterocycles. The van der Waals surface area contributed by atoms with Gasteiger partial charge < -0.3 is 5.32 Å². The first kappa shape index (κ1) is 16.0. The average molecular weight is 350 g/mol. The third-order valence-electron chi connectivity index (χ3n) is 3.68. The summed E-state index contributed by atoms with van der Waals surface area (Å²) in [6, 6.07) is 10.8. The molecule has 122 valence electrons. The molecule has 23 heavy (non-hydrogen) atoms. The Kier molecular flexibility index (Phi) is 4.68. The molecule has 2 aromatic rings. The second-order valence-corrected chi connectivity index (χ2v) is 8.49. The van der Waals surface area contributed by atoms with Crippen LogP contribution in [0.3, 0.4) is 0 Å². The molecule has 0 atom stereocenters. The van der Waals surface area contributed by atoms with E-state index in [1.807, 2.05) is 17.5 Å². The topological polar surface area (TPSA) is 66.5 Å². The number of anilines is 2. The fourth-order valence-corrected chi connectivity index (χ4v) is 4.93. The summed E-state index contributed by atoms with van der Waals surface area (Å²) in [5, 5.41) is 4.77. The minimum atomic E-state index is -3.24. The van der Waals surface area contributed by atoms with Gasteiger partial charge in [0.25, 0.3) is 0 Å². The maximum Gasteiger partial charge on any atom is 0.235 e. The van der Waals surface area contributed by atoms with Crippen LogP contribution >= 0.6 is 11.3 Å². The van der Waals surface area contributed by atoms with Crippen molar-refractivity contribution in [3.8, 4) is 0 Å². The number of benzene rings is 1. The normalized spacial score (nSPS) is 17.0. The fourth-order valence-electron chi connectivity index (χ4n) is 2.59. The maximum absolute atomic E-state index is 12.2. The van der Waals surface area contributed by atoms with E-state index in [1.165, 1.54) is 15.6 Å². The molecule has 1 fully saturated rings. The van der Waals surface area contributed by atoms with E-state index in [4.69, 9.17) is 0 Å². The van der Waals surface area contributed by atoms with Crippen LogP contribution in [-0.2, 0) is 21.2 Å². The zero-order valence-electron chi connectivity index (χ0n) is 12.6. The summed E-state index contributed by atoms with van der Waals surface area (Å²) in [6.07, 6.45) is 1.88. The third kappa shape index (κ3) is 3.92. The highest BCUT2D eigenvalue weighted by atomic mass is 32.2. The SMILES string of the molecule is O=C(Cc1cccs1)Nc1cccc(N2CCCCS2(=O)=O)c1. The summed E-state index contributed by atoms with van der Waals surface area (Å²) in [6.45, 7) is 0.495. The van der Waals surface area contributed by atoms with Crippen LogP contribution in [0.25, 0.3) is 0 Å². The van der Waals surface area contributed by atoms with Crippen molar-refractivity contribution in [1.82, 2.24) is 0 Å². The van der Waals surface area contributed by atoms with E-state index in [-0.39, 0.29) is 11.7 Å². The molecule has 0 bridgehead atoms. The van der Waals surface area contributed by atoms with Gasteiger partial charge in [-0.1, -0.05) is 12.1 Å². The zero-order valence-corrected chi connectivity index (χ0v) is 14.2. The standard InChI is InChI=1S/C16H18N2O3S2/c19-16(12-15-7-4-9-22-15)17-13-5-3-6-14(11-13)18-8-1-2-10-23(18,20)21/h3-7,9,11H,1-2,8,10,12H2,(H,17,19). The molecule has 7 heteroatoms. The summed E-state index contributed by atoms with van der Waals surface area (Å²) in [5.41, 5.74) is 1.23. The molecule has 0 saturated carbocycles.